The number of pyridine rings is 1. The fourth-order valence-electron chi connectivity index (χ4n) is 3.18. The number of hydrogen-bond acceptors (Lipinski definition) is 5. The summed E-state index contributed by atoms with van der Waals surface area (Å²) in [5, 5.41) is 8.81. The maximum absolute atomic E-state index is 12.2. The summed E-state index contributed by atoms with van der Waals surface area (Å²) in [5.41, 5.74) is 2.13. The zero-order valence-electron chi connectivity index (χ0n) is 18.1. The van der Waals surface area contributed by atoms with Crippen molar-refractivity contribution >= 4 is 34.2 Å². The second-order valence-corrected chi connectivity index (χ2v) is 7.04. The van der Waals surface area contributed by atoms with Gasteiger partial charge in [-0.2, -0.15) is 0 Å². The van der Waals surface area contributed by atoms with E-state index in [0.29, 0.717) is 39.5 Å². The molecule has 0 fully saturated rings. The van der Waals surface area contributed by atoms with Crippen molar-refractivity contribution in [1.82, 2.24) is 10.3 Å². The van der Waals surface area contributed by atoms with Crippen molar-refractivity contribution in [2.45, 2.75) is 0 Å². The fourth-order valence-corrected chi connectivity index (χ4v) is 3.18. The lowest BCUT2D eigenvalue weighted by Gasteiger charge is -2.13. The quantitative estimate of drug-likeness (QED) is 0.388. The maximum atomic E-state index is 12.2. The summed E-state index contributed by atoms with van der Waals surface area (Å²) >= 11 is 0. The van der Waals surface area contributed by atoms with Crippen molar-refractivity contribution in [3.8, 4) is 17.2 Å². The Morgan fingerprint density at radius 1 is 0.818 bits per heavy atom. The van der Waals surface area contributed by atoms with Crippen LogP contribution in [-0.4, -0.2) is 31.1 Å². The third-order valence-electron chi connectivity index (χ3n) is 4.81. The number of methoxy groups -OCH3 is 1. The molecule has 33 heavy (non-hydrogen) atoms. The fraction of sp³-hybridized carbons (Fsp3) is 0.0800. The van der Waals surface area contributed by atoms with Crippen molar-refractivity contribution in [1.29, 1.82) is 0 Å². The van der Waals surface area contributed by atoms with E-state index in [2.05, 4.69) is 20.9 Å². The third kappa shape index (κ3) is 5.19. The van der Waals surface area contributed by atoms with E-state index in [4.69, 9.17) is 9.47 Å². The molecule has 0 saturated carbocycles. The van der Waals surface area contributed by atoms with Crippen LogP contribution in [0.15, 0.2) is 78.9 Å². The summed E-state index contributed by atoms with van der Waals surface area (Å²) < 4.78 is 11.4. The molecule has 8 nitrogen and oxygen atoms in total. The molecule has 0 radical (unpaired) electrons. The molecule has 0 atom stereocenters. The van der Waals surface area contributed by atoms with Crippen molar-refractivity contribution in [2.75, 3.05) is 24.8 Å². The molecule has 1 heterocycles. The van der Waals surface area contributed by atoms with Crippen molar-refractivity contribution in [3.63, 3.8) is 0 Å². The Hall–Kier alpha value is -4.59. The summed E-state index contributed by atoms with van der Waals surface area (Å²) in [4.78, 5) is 28.8. The second kappa shape index (κ2) is 9.69. The molecule has 8 heteroatoms. The molecule has 3 aromatic carbocycles. The number of hydrogen-bond donors (Lipinski definition) is 3. The van der Waals surface area contributed by atoms with Gasteiger partial charge in [0, 0.05) is 29.9 Å². The molecule has 0 bridgehead atoms. The highest BCUT2D eigenvalue weighted by Gasteiger charge is 2.14. The first-order chi connectivity index (χ1) is 16.1. The molecule has 3 amide bonds. The first-order valence-electron chi connectivity index (χ1n) is 10.2. The number of rotatable bonds is 6. The van der Waals surface area contributed by atoms with E-state index in [-0.39, 0.29) is 17.6 Å². The average Bonchev–Trinajstić information content (AvgIpc) is 2.85. The molecule has 1 aromatic heterocycles. The molecule has 0 aliphatic carbocycles. The second-order valence-electron chi connectivity index (χ2n) is 7.04. The number of nitrogens with zero attached hydrogens (tertiary/aromatic N) is 1. The van der Waals surface area contributed by atoms with Crippen molar-refractivity contribution in [2.24, 2.45) is 0 Å². The first kappa shape index (κ1) is 21.6. The lowest BCUT2D eigenvalue weighted by molar-refractivity contribution is 0.0958. The zero-order valence-corrected chi connectivity index (χ0v) is 18.1. The van der Waals surface area contributed by atoms with E-state index in [9.17, 15) is 9.59 Å². The van der Waals surface area contributed by atoms with Crippen LogP contribution in [0.4, 0.5) is 16.2 Å². The zero-order chi connectivity index (χ0) is 23.2. The smallest absolute Gasteiger partial charge is 0.323 e. The molecule has 0 spiro atoms. The molecule has 166 valence electrons. The Kier molecular flexibility index (Phi) is 6.36. The molecular weight excluding hydrogens is 420 g/mol. The third-order valence-corrected chi connectivity index (χ3v) is 4.81. The molecule has 0 aliphatic heterocycles. The number of carbonyl (C=O) groups excluding carboxylic acids is 2. The van der Waals surface area contributed by atoms with Gasteiger partial charge in [0.1, 0.15) is 22.9 Å². The van der Waals surface area contributed by atoms with Crippen LogP contribution in [0.1, 0.15) is 10.5 Å². The van der Waals surface area contributed by atoms with Crippen LogP contribution in [0.5, 0.6) is 17.2 Å². The van der Waals surface area contributed by atoms with Gasteiger partial charge in [0.25, 0.3) is 5.91 Å². The molecule has 0 unspecified atom stereocenters. The Labute approximate surface area is 190 Å². The minimum atomic E-state index is -0.350. The Morgan fingerprint density at radius 2 is 1.48 bits per heavy atom. The van der Waals surface area contributed by atoms with Gasteiger partial charge in [-0.15, -0.1) is 0 Å². The predicted molar refractivity (Wildman–Crippen MR) is 127 cm³/mol. The highest BCUT2D eigenvalue weighted by molar-refractivity contribution is 6.00. The number of para-hydroxylation sites is 1. The number of benzene rings is 3. The molecule has 4 rings (SSSR count). The van der Waals surface area contributed by atoms with Gasteiger partial charge in [-0.25, -0.2) is 9.78 Å². The maximum Gasteiger partial charge on any atom is 0.323 e. The van der Waals surface area contributed by atoms with Crippen LogP contribution >= 0.6 is 0 Å². The molecule has 0 aliphatic rings. The lowest BCUT2D eigenvalue weighted by atomic mass is 10.1. The van der Waals surface area contributed by atoms with Gasteiger partial charge in [-0.3, -0.25) is 4.79 Å². The Balaban J connectivity index is 1.55. The van der Waals surface area contributed by atoms with Crippen LogP contribution in [0.25, 0.3) is 10.9 Å². The van der Waals surface area contributed by atoms with E-state index in [1.807, 2.05) is 18.2 Å². The minimum absolute atomic E-state index is 0.237. The Morgan fingerprint density at radius 3 is 2.15 bits per heavy atom. The van der Waals surface area contributed by atoms with E-state index < -0.39 is 0 Å². The largest absolute Gasteiger partial charge is 0.497 e. The molecule has 0 saturated heterocycles. The molecule has 4 aromatic rings. The Bertz CT molecular complexity index is 1290. The number of urea groups is 1. The molecule has 3 N–H and O–H groups in total. The van der Waals surface area contributed by atoms with Crippen LogP contribution in [0.2, 0.25) is 0 Å². The first-order valence-corrected chi connectivity index (χ1v) is 10.2. The number of amides is 3. The number of carbonyl (C=O) groups is 2. The van der Waals surface area contributed by atoms with Gasteiger partial charge < -0.3 is 25.4 Å². The monoisotopic (exact) mass is 442 g/mol. The summed E-state index contributed by atoms with van der Waals surface area (Å²) in [5.74, 6) is 1.31. The summed E-state index contributed by atoms with van der Waals surface area (Å²) in [6, 6.07) is 22.6. The average molecular weight is 442 g/mol. The standard InChI is InChI=1S/C25H22N4O4/c1-26-24(30)22-15-23(20-14-19(32-2)12-13-21(20)29-22)33-18-10-8-17(9-11-18)28-25(31)27-16-6-4-3-5-7-16/h3-15H,1-2H3,(H,26,30)(H2,27,28,31). The van der Waals surface area contributed by atoms with Crippen LogP contribution in [0, 0.1) is 0 Å². The number of ether oxygens (including phenoxy) is 2. The van der Waals surface area contributed by atoms with E-state index >= 15 is 0 Å². The SMILES string of the molecule is CNC(=O)c1cc(Oc2ccc(NC(=O)Nc3ccccc3)cc2)c2cc(OC)ccc2n1. The number of aromatic nitrogens is 1. The highest BCUT2D eigenvalue weighted by atomic mass is 16.5. The van der Waals surface area contributed by atoms with Gasteiger partial charge in [0.15, 0.2) is 0 Å². The normalized spacial score (nSPS) is 10.4. The van der Waals surface area contributed by atoms with Gasteiger partial charge in [0.05, 0.1) is 12.6 Å². The minimum Gasteiger partial charge on any atom is -0.497 e. The van der Waals surface area contributed by atoms with Gasteiger partial charge >= 0.3 is 6.03 Å². The van der Waals surface area contributed by atoms with Crippen molar-refractivity contribution in [3.05, 3.63) is 84.6 Å². The van der Waals surface area contributed by atoms with Crippen LogP contribution in [-0.2, 0) is 0 Å². The van der Waals surface area contributed by atoms with E-state index in [1.54, 1.807) is 74.8 Å². The summed E-state index contributed by atoms with van der Waals surface area (Å²) in [6.45, 7) is 0. The number of nitrogens with one attached hydrogen (secondary N) is 3. The predicted octanol–water partition coefficient (Wildman–Crippen LogP) is 5.04. The lowest BCUT2D eigenvalue weighted by Crippen LogP contribution is -2.19. The summed E-state index contributed by atoms with van der Waals surface area (Å²) in [6.07, 6.45) is 0. The van der Waals surface area contributed by atoms with Gasteiger partial charge in [-0.05, 0) is 54.6 Å². The summed E-state index contributed by atoms with van der Waals surface area (Å²) in [7, 11) is 3.12. The van der Waals surface area contributed by atoms with Gasteiger partial charge in [0.2, 0.25) is 0 Å². The highest BCUT2D eigenvalue weighted by Crippen LogP contribution is 2.33. The number of fused-ring (bicyclic) bond motifs is 1. The van der Waals surface area contributed by atoms with Crippen LogP contribution < -0.4 is 25.4 Å². The number of anilines is 2. The van der Waals surface area contributed by atoms with Crippen molar-refractivity contribution < 1.29 is 19.1 Å². The molecular formula is C25H22N4O4. The van der Waals surface area contributed by atoms with Crippen LogP contribution in [0.3, 0.4) is 0 Å². The van der Waals surface area contributed by atoms with E-state index in [0.717, 1.165) is 0 Å². The van der Waals surface area contributed by atoms with E-state index in [1.165, 1.54) is 0 Å². The van der Waals surface area contributed by atoms with Gasteiger partial charge in [-0.1, -0.05) is 18.2 Å². The topological polar surface area (TPSA) is 102 Å².